The number of aliphatic hydroxyl groups excluding tert-OH is 10. The molecule has 43 nitrogen and oxygen atoms in total. The number of hydrogen-bond donors (Lipinski definition) is 16. The van der Waals surface area contributed by atoms with E-state index in [0.29, 0.717) is 49.9 Å². The van der Waals surface area contributed by atoms with Crippen LogP contribution in [0, 0.1) is 35.5 Å². The molecule has 12 unspecified atom stereocenters. The van der Waals surface area contributed by atoms with Gasteiger partial charge in [0.25, 0.3) is 0 Å². The second-order valence-electron chi connectivity index (χ2n) is 35.0. The van der Waals surface area contributed by atoms with Crippen LogP contribution in [0.15, 0.2) is 12.4 Å². The number of hydrogen-bond acceptors (Lipinski definition) is 37. The number of carboxylic acids is 2. The number of ether oxygens (including phenoxy) is 15. The number of Topliss-reactive ketones (excluding diaryl/α,β-unsaturated/α-hetero) is 2. The van der Waals surface area contributed by atoms with Crippen molar-refractivity contribution in [3.63, 3.8) is 0 Å². The van der Waals surface area contributed by atoms with E-state index in [1.165, 1.54) is 35.6 Å². The number of aliphatic hydroxyl groups is 10. The molecule has 4 aliphatic carbocycles. The highest BCUT2D eigenvalue weighted by molar-refractivity contribution is 5.82. The zero-order valence-electron chi connectivity index (χ0n) is 73.3. The number of amides is 2. The van der Waals surface area contributed by atoms with E-state index in [9.17, 15) is 90.0 Å². The molecule has 4 saturated heterocycles. The topological polar surface area (TPSA) is 621 Å². The standard InChI is InChI=1S/C84H140N10O33/c1-5-49-33-51(55(97)19-13-21-85)35-57(75(49)126-83-73(107)71(105)67(101)45(3)118-83)122-81-65(77(69(103)61(41-95)124-81)120-59(79(109)110)31-47-15-9-7-10-16-47)87-63(99)39-93-37-53(89-91-93)43-116-29-27-114-25-23-113-24-26-115-28-30-117-44-54-38-94(92-90-54)40-64(100)88-66-78(121-60(80(111)112)32-48-17-11-8-12-18-48)70(104)62(42-96)125-82(66)123-58-36-52(56(98)20-14-22-86)34-50(6-2)76(58)127-84-74(108)72(106)68(102)46(4)119-84/h37-38,45-52,57-62,65-78,81-84,95-96,101-108H,5-36,39-44,85-86H2,1-4H3,(H,87,99)(H,88,100)(H,109,110)(H,111,112)/t45?,46?,49?,50?,51?,52?,57-,58-,59+,60+,61+,62+,65?,66?,67-,68-,69+,70+,71+,72+,73?,74?,75-,76-,77?,78?,81-,82-,83+,84+/m1/s1. The summed E-state index contributed by atoms with van der Waals surface area (Å²) in [6.07, 6.45) is -19.8. The number of ketones is 2. The highest BCUT2D eigenvalue weighted by Gasteiger charge is 2.56. The highest BCUT2D eigenvalue weighted by atomic mass is 16.8. The Hall–Kier alpha value is -5.58. The van der Waals surface area contributed by atoms with Gasteiger partial charge in [0.05, 0.1) is 128 Å². The van der Waals surface area contributed by atoms with E-state index in [-0.39, 0.29) is 141 Å². The Kier molecular flexibility index (Phi) is 42.5. The summed E-state index contributed by atoms with van der Waals surface area (Å²) >= 11 is 0. The lowest BCUT2D eigenvalue weighted by Gasteiger charge is -2.49. The number of nitrogens with zero attached hydrogens (tertiary/aromatic N) is 6. The summed E-state index contributed by atoms with van der Waals surface area (Å²) in [5, 5.41) is 154. The summed E-state index contributed by atoms with van der Waals surface area (Å²) in [7, 11) is 0. The Morgan fingerprint density at radius 3 is 1.17 bits per heavy atom. The lowest BCUT2D eigenvalue weighted by Crippen LogP contribution is -2.67. The molecule has 4 saturated carbocycles. The minimum atomic E-state index is -1.72. The quantitative estimate of drug-likeness (QED) is 0.0321. The van der Waals surface area contributed by atoms with Gasteiger partial charge in [0.2, 0.25) is 11.8 Å². The lowest BCUT2D eigenvalue weighted by atomic mass is 9.74. The number of nitrogens with two attached hydrogens (primary N) is 2. The predicted molar refractivity (Wildman–Crippen MR) is 438 cm³/mol. The molecule has 43 heteroatoms. The van der Waals surface area contributed by atoms with Crippen LogP contribution in [0.5, 0.6) is 0 Å². The maximum absolute atomic E-state index is 14.4. The molecule has 2 aromatic heterocycles. The first-order valence-electron chi connectivity index (χ1n) is 45.5. The van der Waals surface area contributed by atoms with Gasteiger partial charge in [0.15, 0.2) is 37.4 Å². The van der Waals surface area contributed by atoms with Crippen LogP contribution < -0.4 is 22.1 Å². The molecule has 2 aromatic rings. The van der Waals surface area contributed by atoms with Gasteiger partial charge in [-0.15, -0.1) is 10.2 Å². The molecular formula is C84H140N10O33. The number of carboxylic acid groups (broad SMARTS) is 2. The minimum absolute atomic E-state index is 0.0105. The maximum atomic E-state index is 14.4. The van der Waals surface area contributed by atoms with Gasteiger partial charge in [-0.25, -0.2) is 19.0 Å². The molecule has 0 bridgehead atoms. The number of carbonyl (C=O) groups excluding carboxylic acids is 4. The van der Waals surface area contributed by atoms with Gasteiger partial charge in [0, 0.05) is 24.7 Å². The zero-order valence-corrected chi connectivity index (χ0v) is 73.3. The first kappa shape index (κ1) is 104. The number of rotatable bonds is 52. The summed E-state index contributed by atoms with van der Waals surface area (Å²) in [4.78, 5) is 82.5. The Morgan fingerprint density at radius 2 is 0.827 bits per heavy atom. The van der Waals surface area contributed by atoms with Crippen molar-refractivity contribution in [2.24, 2.45) is 47.0 Å². The van der Waals surface area contributed by atoms with Crippen LogP contribution in [0.25, 0.3) is 0 Å². The summed E-state index contributed by atoms with van der Waals surface area (Å²) in [6, 6.07) is -2.98. The Bertz CT molecular complexity index is 3380. The molecule has 8 fully saturated rings. The van der Waals surface area contributed by atoms with Gasteiger partial charge in [-0.3, -0.25) is 19.2 Å². The summed E-state index contributed by atoms with van der Waals surface area (Å²) < 4.78 is 94.8. The fourth-order valence-electron chi connectivity index (χ4n) is 18.6. The van der Waals surface area contributed by atoms with E-state index in [0.717, 1.165) is 64.2 Å². The Balaban J connectivity index is 0.675. The van der Waals surface area contributed by atoms with Crippen LogP contribution in [0.3, 0.4) is 0 Å². The molecular weight excluding hydrogens is 1680 g/mol. The Labute approximate surface area is 738 Å². The van der Waals surface area contributed by atoms with Crippen LogP contribution in [0.2, 0.25) is 0 Å². The molecule has 724 valence electrons. The molecule has 6 heterocycles. The first-order valence-corrected chi connectivity index (χ1v) is 45.5. The number of carbonyl (C=O) groups is 6. The third-order valence-corrected chi connectivity index (χ3v) is 25.8. The largest absolute Gasteiger partial charge is 0.479 e. The molecule has 18 N–H and O–H groups in total. The van der Waals surface area contributed by atoms with E-state index >= 15 is 0 Å². The molecule has 10 rings (SSSR count). The van der Waals surface area contributed by atoms with E-state index in [1.807, 2.05) is 13.8 Å². The van der Waals surface area contributed by atoms with Crippen molar-refractivity contribution < 1.29 is 161 Å². The monoisotopic (exact) mass is 1820 g/mol. The van der Waals surface area contributed by atoms with E-state index < -0.39 is 233 Å². The molecule has 127 heavy (non-hydrogen) atoms. The maximum Gasteiger partial charge on any atom is 0.332 e. The van der Waals surface area contributed by atoms with Gasteiger partial charge < -0.3 is 154 Å². The molecule has 0 spiro atoms. The third kappa shape index (κ3) is 29.7. The Morgan fingerprint density at radius 1 is 0.465 bits per heavy atom. The van der Waals surface area contributed by atoms with Crippen molar-refractivity contribution in [1.29, 1.82) is 0 Å². The van der Waals surface area contributed by atoms with Crippen molar-refractivity contribution >= 4 is 35.3 Å². The second-order valence-corrected chi connectivity index (χ2v) is 35.0. The zero-order chi connectivity index (χ0) is 91.4. The van der Waals surface area contributed by atoms with Gasteiger partial charge >= 0.3 is 11.9 Å². The van der Waals surface area contributed by atoms with Crippen molar-refractivity contribution in [2.45, 2.75) is 355 Å². The number of aromatic nitrogens is 6. The van der Waals surface area contributed by atoms with Gasteiger partial charge in [-0.2, -0.15) is 0 Å². The van der Waals surface area contributed by atoms with Crippen LogP contribution in [0.4, 0.5) is 0 Å². The average molecular weight is 1820 g/mol. The van der Waals surface area contributed by atoms with Crippen LogP contribution in [0.1, 0.15) is 180 Å². The second kappa shape index (κ2) is 52.2. The fraction of sp³-hybridized carbons (Fsp3) is 0.881. The lowest BCUT2D eigenvalue weighted by molar-refractivity contribution is -0.338. The predicted octanol–water partition coefficient (Wildman–Crippen LogP) is -1.92. The number of nitrogens with one attached hydrogen (secondary N) is 2. The van der Waals surface area contributed by atoms with Gasteiger partial charge in [-0.1, -0.05) is 101 Å². The normalized spacial score (nSPS) is 34.6. The fourth-order valence-corrected chi connectivity index (χ4v) is 18.6. The molecule has 2 amide bonds. The summed E-state index contributed by atoms with van der Waals surface area (Å²) in [5.74, 6) is -6.36. The van der Waals surface area contributed by atoms with Crippen LogP contribution in [-0.4, -0.2) is 365 Å². The van der Waals surface area contributed by atoms with Crippen molar-refractivity contribution in [3.8, 4) is 0 Å². The summed E-state index contributed by atoms with van der Waals surface area (Å²) in [5.41, 5.74) is 12.3. The average Bonchev–Trinajstić information content (AvgIpc) is 0.978. The van der Waals surface area contributed by atoms with Crippen LogP contribution >= 0.6 is 0 Å². The molecule has 4 aliphatic heterocycles. The minimum Gasteiger partial charge on any atom is -0.479 e. The van der Waals surface area contributed by atoms with Gasteiger partial charge in [0.1, 0.15) is 121 Å². The van der Waals surface area contributed by atoms with Crippen molar-refractivity contribution in [1.82, 2.24) is 40.6 Å². The van der Waals surface area contributed by atoms with Gasteiger partial charge in [-0.05, 0) is 102 Å². The highest BCUT2D eigenvalue weighted by Crippen LogP contribution is 2.44. The molecule has 30 atom stereocenters. The van der Waals surface area contributed by atoms with E-state index in [4.69, 9.17) is 82.5 Å². The smallest absolute Gasteiger partial charge is 0.332 e. The number of aliphatic carboxylic acids is 2. The first-order chi connectivity index (χ1) is 61.1. The molecule has 8 aliphatic rings. The van der Waals surface area contributed by atoms with Crippen molar-refractivity contribution in [3.05, 3.63) is 23.8 Å². The molecule has 0 radical (unpaired) electrons. The SMILES string of the molecule is CCC1CC(C(=O)CCCN)C[C@@H](O[C@@H]2O[C@@H](CO)[C@H](O)C(O[C@@H](CC3CCCCC3)C(=O)O)C2NC(=O)Cn2cc(COCCOCCOCCOCCOCc3cn(CC(=O)NC4C(O[C@@H](CC5CCCCC5)C(=O)O)[C@@H](O)[C@H](CO)O[C@H]4O[C@@H]4CC(C(=O)CCCN)CC(CC)[C@H]4O[C@@H]4OC(C)[C@@H](O)[C@H](O)C4O)nn3)nn2)[C@@H]1O[C@@H]1OC(C)[C@@H](O)[C@H](O)C1O. The van der Waals surface area contributed by atoms with Crippen LogP contribution in [-0.2, 0) is 126 Å². The van der Waals surface area contributed by atoms with Crippen molar-refractivity contribution in [2.75, 3.05) is 79.2 Å². The summed E-state index contributed by atoms with van der Waals surface area (Å²) in [6.45, 7) is 6.28. The molecule has 0 aromatic carbocycles. The third-order valence-electron chi connectivity index (χ3n) is 25.8. The van der Waals surface area contributed by atoms with E-state index in [1.54, 1.807) is 0 Å². The van der Waals surface area contributed by atoms with E-state index in [2.05, 4.69) is 31.3 Å².